The van der Waals surface area contributed by atoms with Gasteiger partial charge < -0.3 is 24.8 Å². The van der Waals surface area contributed by atoms with Crippen LogP contribution in [0.25, 0.3) is 0 Å². The van der Waals surface area contributed by atoms with Gasteiger partial charge in [-0.15, -0.1) is 0 Å². The number of likely N-dealkylation sites (N-methyl/N-ethyl adjacent to an activating group) is 1. The lowest BCUT2D eigenvalue weighted by Crippen LogP contribution is -2.53. The lowest BCUT2D eigenvalue weighted by Gasteiger charge is -2.34. The van der Waals surface area contributed by atoms with Crippen LogP contribution in [0, 0.1) is 5.82 Å². The van der Waals surface area contributed by atoms with Crippen LogP contribution >= 0.6 is 0 Å². The molecule has 9 heteroatoms. The third kappa shape index (κ3) is 7.40. The monoisotopic (exact) mass is 383 g/mol. The van der Waals surface area contributed by atoms with Gasteiger partial charge in [-0.2, -0.15) is 0 Å². The second-order valence-electron chi connectivity index (χ2n) is 6.60. The number of ether oxygens (including phenoxy) is 2. The molecule has 1 saturated heterocycles. The summed E-state index contributed by atoms with van der Waals surface area (Å²) in [7, 11) is 1.70. The van der Waals surface area contributed by atoms with Crippen molar-refractivity contribution in [3.8, 4) is 5.75 Å². The van der Waals surface area contributed by atoms with Crippen molar-refractivity contribution in [2.45, 2.75) is 19.1 Å². The van der Waals surface area contributed by atoms with Crippen LogP contribution in [0.4, 0.5) is 9.18 Å². The molecule has 2 amide bonds. The molecule has 2 atom stereocenters. The Kier molecular flexibility index (Phi) is 7.81. The molecule has 8 nitrogen and oxygen atoms in total. The van der Waals surface area contributed by atoms with E-state index in [9.17, 15) is 14.0 Å². The van der Waals surface area contributed by atoms with Gasteiger partial charge in [-0.25, -0.2) is 9.18 Å². The van der Waals surface area contributed by atoms with Gasteiger partial charge in [0.1, 0.15) is 17.7 Å². The maximum atomic E-state index is 13.2. The van der Waals surface area contributed by atoms with E-state index in [1.165, 1.54) is 12.1 Å². The number of carbonyl (C=O) groups is 2. The molecular formula is C18H26FN3O5. The fraction of sp³-hybridized carbons (Fsp3) is 0.556. The van der Waals surface area contributed by atoms with E-state index in [1.54, 1.807) is 35.9 Å². The molecule has 27 heavy (non-hydrogen) atoms. The van der Waals surface area contributed by atoms with Crippen LogP contribution in [0.3, 0.4) is 0 Å². The Bertz CT molecular complexity index is 645. The van der Waals surface area contributed by atoms with Crippen molar-refractivity contribution in [3.05, 3.63) is 30.1 Å². The molecule has 1 fully saturated rings. The third-order valence-corrected chi connectivity index (χ3v) is 4.02. The van der Waals surface area contributed by atoms with Crippen molar-refractivity contribution >= 4 is 12.0 Å². The van der Waals surface area contributed by atoms with Gasteiger partial charge in [0.2, 0.25) is 0 Å². The minimum atomic E-state index is -0.907. The summed E-state index contributed by atoms with van der Waals surface area (Å²) in [6.07, 6.45) is -0.566. The molecule has 0 bridgehead atoms. The average Bonchev–Trinajstić information content (AvgIpc) is 2.59. The van der Waals surface area contributed by atoms with Gasteiger partial charge in [-0.3, -0.25) is 9.69 Å². The highest BCUT2D eigenvalue weighted by molar-refractivity contribution is 5.74. The second-order valence-corrected chi connectivity index (χ2v) is 6.60. The van der Waals surface area contributed by atoms with Crippen LogP contribution < -0.4 is 10.1 Å². The summed E-state index contributed by atoms with van der Waals surface area (Å²) < 4.78 is 24.4. The van der Waals surface area contributed by atoms with E-state index in [0.717, 1.165) is 0 Å². The third-order valence-electron chi connectivity index (χ3n) is 4.02. The Morgan fingerprint density at radius 1 is 1.52 bits per heavy atom. The van der Waals surface area contributed by atoms with E-state index in [1.807, 2.05) is 0 Å². The summed E-state index contributed by atoms with van der Waals surface area (Å²) in [5.41, 5.74) is 0. The molecule has 0 aliphatic carbocycles. The van der Waals surface area contributed by atoms with Gasteiger partial charge in [0.05, 0.1) is 25.8 Å². The smallest absolute Gasteiger partial charge is 0.317 e. The lowest BCUT2D eigenvalue weighted by molar-refractivity contribution is -0.138. The van der Waals surface area contributed by atoms with Gasteiger partial charge in [0.25, 0.3) is 0 Å². The fourth-order valence-electron chi connectivity index (χ4n) is 2.81. The topological polar surface area (TPSA) is 91.3 Å². The SMILES string of the molecule is CC(CNC(=O)N1CCOC(CN(C)CC(=O)O)C1)Oc1cccc(F)c1. The Morgan fingerprint density at radius 3 is 3.00 bits per heavy atom. The van der Waals surface area contributed by atoms with Crippen molar-refractivity contribution in [1.82, 2.24) is 15.1 Å². The molecule has 1 aromatic carbocycles. The maximum absolute atomic E-state index is 13.2. The van der Waals surface area contributed by atoms with Crippen molar-refractivity contribution in [3.63, 3.8) is 0 Å². The number of halogens is 1. The fourth-order valence-corrected chi connectivity index (χ4v) is 2.81. The predicted octanol–water partition coefficient (Wildman–Crippen LogP) is 1.02. The summed E-state index contributed by atoms with van der Waals surface area (Å²) in [4.78, 5) is 26.4. The Morgan fingerprint density at radius 2 is 2.30 bits per heavy atom. The number of carboxylic acid groups (broad SMARTS) is 1. The van der Waals surface area contributed by atoms with Crippen molar-refractivity contribution in [2.24, 2.45) is 0 Å². The van der Waals surface area contributed by atoms with E-state index >= 15 is 0 Å². The van der Waals surface area contributed by atoms with Crippen LogP contribution in [-0.4, -0.2) is 85.5 Å². The van der Waals surface area contributed by atoms with Crippen LogP contribution in [0.2, 0.25) is 0 Å². The summed E-state index contributed by atoms with van der Waals surface area (Å²) in [5, 5.41) is 11.6. The number of hydrogen-bond acceptors (Lipinski definition) is 5. The second kappa shape index (κ2) is 10.1. The van der Waals surface area contributed by atoms with Crippen LogP contribution in [0.15, 0.2) is 24.3 Å². The molecule has 0 aromatic heterocycles. The molecule has 0 radical (unpaired) electrons. The average molecular weight is 383 g/mol. The molecule has 1 aromatic rings. The molecule has 2 unspecified atom stereocenters. The van der Waals surface area contributed by atoms with Gasteiger partial charge >= 0.3 is 12.0 Å². The first-order valence-electron chi connectivity index (χ1n) is 8.80. The zero-order valence-electron chi connectivity index (χ0n) is 15.6. The summed E-state index contributed by atoms with van der Waals surface area (Å²) >= 11 is 0. The van der Waals surface area contributed by atoms with Crippen molar-refractivity contribution < 1.29 is 28.6 Å². The van der Waals surface area contributed by atoms with Gasteiger partial charge in [0.15, 0.2) is 0 Å². The molecule has 0 spiro atoms. The molecule has 150 valence electrons. The van der Waals surface area contributed by atoms with Gasteiger partial charge in [0, 0.05) is 25.7 Å². The molecule has 1 heterocycles. The number of aliphatic carboxylic acids is 1. The number of benzene rings is 1. The van der Waals surface area contributed by atoms with Gasteiger partial charge in [-0.1, -0.05) is 6.07 Å². The molecule has 0 saturated carbocycles. The highest BCUT2D eigenvalue weighted by atomic mass is 19.1. The maximum Gasteiger partial charge on any atom is 0.317 e. The lowest BCUT2D eigenvalue weighted by atomic mass is 10.2. The first kappa shape index (κ1) is 20.9. The quantitative estimate of drug-likeness (QED) is 0.697. The number of amides is 2. The van der Waals surface area contributed by atoms with Crippen molar-refractivity contribution in [2.75, 3.05) is 46.4 Å². The zero-order valence-corrected chi connectivity index (χ0v) is 15.6. The Balaban J connectivity index is 1.75. The predicted molar refractivity (Wildman–Crippen MR) is 96.3 cm³/mol. The Hall–Kier alpha value is -2.39. The van der Waals surface area contributed by atoms with E-state index in [4.69, 9.17) is 14.6 Å². The van der Waals surface area contributed by atoms with Crippen LogP contribution in [-0.2, 0) is 9.53 Å². The van der Waals surface area contributed by atoms with E-state index in [2.05, 4.69) is 5.32 Å². The molecule has 2 rings (SSSR count). The van der Waals surface area contributed by atoms with Gasteiger partial charge in [-0.05, 0) is 26.1 Å². The first-order chi connectivity index (χ1) is 12.8. The number of hydrogen-bond donors (Lipinski definition) is 2. The number of urea groups is 1. The van der Waals surface area contributed by atoms with Crippen LogP contribution in [0.1, 0.15) is 6.92 Å². The minimum Gasteiger partial charge on any atom is -0.489 e. The number of carbonyl (C=O) groups excluding carboxylic acids is 1. The number of morpholine rings is 1. The summed E-state index contributed by atoms with van der Waals surface area (Å²) in [5.74, 6) is -0.879. The van der Waals surface area contributed by atoms with Crippen LogP contribution in [0.5, 0.6) is 5.75 Å². The molecule has 2 N–H and O–H groups in total. The van der Waals surface area contributed by atoms with Crippen molar-refractivity contribution in [1.29, 1.82) is 0 Å². The minimum absolute atomic E-state index is 0.0824. The van der Waals surface area contributed by atoms with E-state index < -0.39 is 5.97 Å². The highest BCUT2D eigenvalue weighted by Gasteiger charge is 2.25. The zero-order chi connectivity index (χ0) is 19.8. The standard InChI is InChI=1S/C18H26FN3O5/c1-13(27-15-5-3-4-14(19)8-15)9-20-18(25)22-6-7-26-16(11-22)10-21(2)12-17(23)24/h3-5,8,13,16H,6-7,9-12H2,1-2H3,(H,20,25)(H,23,24). The number of rotatable bonds is 8. The first-order valence-corrected chi connectivity index (χ1v) is 8.80. The number of nitrogens with zero attached hydrogens (tertiary/aromatic N) is 2. The Labute approximate surface area is 157 Å². The van der Waals surface area contributed by atoms with E-state index in [0.29, 0.717) is 32.0 Å². The number of nitrogens with one attached hydrogen (secondary N) is 1. The largest absolute Gasteiger partial charge is 0.489 e. The molecule has 1 aliphatic heterocycles. The highest BCUT2D eigenvalue weighted by Crippen LogP contribution is 2.13. The molecule has 1 aliphatic rings. The summed E-state index contributed by atoms with van der Waals surface area (Å²) in [6, 6.07) is 5.60. The summed E-state index contributed by atoms with van der Waals surface area (Å²) in [6.45, 7) is 3.65. The normalized spacial score (nSPS) is 18.2. The molecular weight excluding hydrogens is 357 g/mol. The van der Waals surface area contributed by atoms with E-state index in [-0.39, 0.29) is 37.1 Å². The number of carboxylic acids is 1.